The number of aromatic nitrogens is 7. The molecule has 1 unspecified atom stereocenters. The summed E-state index contributed by atoms with van der Waals surface area (Å²) >= 11 is 5.98. The standard InChI is InChI=1S/C33H33ClFN11O2/c1-43(2)22-13-16-44(17-14-22)27-7-3-5-24-23(27)15-18-45(33(48)26-19-46(42-37-26)28-8-4-6-25(34)29(28)35)30(24)32(47)36-21-11-9-20(10-12-21)31-38-40-41-39-31/h3-12,19,22,30H,13-18H2,1-2H3,(H,36,47)(H,38,39,40,41). The molecule has 0 bridgehead atoms. The topological polar surface area (TPSA) is 141 Å². The molecule has 48 heavy (non-hydrogen) atoms. The maximum Gasteiger partial charge on any atom is 0.277 e. The molecule has 0 spiro atoms. The van der Waals surface area contributed by atoms with Gasteiger partial charge in [-0.05, 0) is 97.4 Å². The number of carbonyl (C=O) groups excluding carboxylic acids is 2. The number of H-pyrrole nitrogens is 1. The number of fused-ring (bicyclic) bond motifs is 1. The number of nitrogens with zero attached hydrogens (tertiary/aromatic N) is 9. The molecule has 2 aliphatic rings. The zero-order chi connectivity index (χ0) is 33.4. The maximum absolute atomic E-state index is 14.8. The monoisotopic (exact) mass is 669 g/mol. The molecule has 15 heteroatoms. The van der Waals surface area contributed by atoms with Crippen molar-refractivity contribution in [3.05, 3.63) is 94.5 Å². The van der Waals surface area contributed by atoms with Gasteiger partial charge in [-0.25, -0.2) is 14.2 Å². The molecule has 0 aliphatic carbocycles. The van der Waals surface area contributed by atoms with Crippen LogP contribution in [0.5, 0.6) is 0 Å². The zero-order valence-electron chi connectivity index (χ0n) is 26.3. The van der Waals surface area contributed by atoms with Gasteiger partial charge in [0, 0.05) is 42.6 Å². The van der Waals surface area contributed by atoms with Crippen molar-refractivity contribution >= 4 is 34.8 Å². The number of hydrogen-bond acceptors (Lipinski definition) is 9. The third-order valence-corrected chi connectivity index (χ3v) is 9.39. The second-order valence-electron chi connectivity index (χ2n) is 12.1. The van der Waals surface area contributed by atoms with Crippen LogP contribution in [-0.2, 0) is 11.2 Å². The summed E-state index contributed by atoms with van der Waals surface area (Å²) in [5.41, 5.74) is 4.20. The normalized spacial score (nSPS) is 16.6. The Balaban J connectivity index is 1.21. The summed E-state index contributed by atoms with van der Waals surface area (Å²) in [6.07, 6.45) is 3.97. The number of hydrogen-bond donors (Lipinski definition) is 2. The Bertz CT molecular complexity index is 1940. The van der Waals surface area contributed by atoms with E-state index in [0.717, 1.165) is 48.3 Å². The molecule has 2 aromatic heterocycles. The molecule has 5 aromatic rings. The van der Waals surface area contributed by atoms with Crippen molar-refractivity contribution in [3.63, 3.8) is 0 Å². The molecule has 1 fully saturated rings. The predicted octanol–water partition coefficient (Wildman–Crippen LogP) is 4.15. The van der Waals surface area contributed by atoms with Gasteiger partial charge in [0.05, 0.1) is 11.2 Å². The van der Waals surface area contributed by atoms with Gasteiger partial charge in [-0.15, -0.1) is 10.2 Å². The van der Waals surface area contributed by atoms with Gasteiger partial charge in [-0.2, -0.15) is 0 Å². The summed E-state index contributed by atoms with van der Waals surface area (Å²) < 4.78 is 15.9. The van der Waals surface area contributed by atoms with Crippen LogP contribution in [0.25, 0.3) is 17.1 Å². The SMILES string of the molecule is CN(C)C1CCN(c2cccc3c2CCN(C(=O)c2cn(-c4cccc(Cl)c4F)nn2)C3C(=O)Nc2ccc(-c3nnn[nH]3)cc2)CC1. The Morgan fingerprint density at radius 1 is 0.979 bits per heavy atom. The zero-order valence-corrected chi connectivity index (χ0v) is 27.1. The highest BCUT2D eigenvalue weighted by Crippen LogP contribution is 2.38. The van der Waals surface area contributed by atoms with Crippen molar-refractivity contribution < 1.29 is 14.0 Å². The molecule has 1 saturated heterocycles. The number of tetrazole rings is 1. The van der Waals surface area contributed by atoms with Crippen molar-refractivity contribution in [3.8, 4) is 17.1 Å². The first kappa shape index (κ1) is 31.4. The fourth-order valence-corrected chi connectivity index (χ4v) is 6.74. The van der Waals surface area contributed by atoms with Gasteiger partial charge in [0.25, 0.3) is 11.8 Å². The van der Waals surface area contributed by atoms with Crippen LogP contribution in [0.3, 0.4) is 0 Å². The largest absolute Gasteiger partial charge is 0.371 e. The molecular weight excluding hydrogens is 637 g/mol. The highest BCUT2D eigenvalue weighted by atomic mass is 35.5. The Kier molecular flexibility index (Phi) is 8.58. The number of aromatic amines is 1. The predicted molar refractivity (Wildman–Crippen MR) is 177 cm³/mol. The summed E-state index contributed by atoms with van der Waals surface area (Å²) in [6, 6.07) is 17.1. The lowest BCUT2D eigenvalue weighted by Gasteiger charge is -2.41. The third-order valence-electron chi connectivity index (χ3n) is 9.10. The van der Waals surface area contributed by atoms with Gasteiger partial charge >= 0.3 is 0 Å². The number of piperidine rings is 1. The third kappa shape index (κ3) is 6.00. The van der Waals surface area contributed by atoms with Crippen LogP contribution in [0.4, 0.5) is 15.8 Å². The lowest BCUT2D eigenvalue weighted by molar-refractivity contribution is -0.121. The van der Waals surface area contributed by atoms with Gasteiger partial charge in [0.1, 0.15) is 11.7 Å². The van der Waals surface area contributed by atoms with Crippen LogP contribution in [0.2, 0.25) is 5.02 Å². The van der Waals surface area contributed by atoms with E-state index >= 15 is 0 Å². The minimum absolute atomic E-state index is 0.0254. The Hall–Kier alpha value is -5.21. The number of amides is 2. The minimum Gasteiger partial charge on any atom is -0.371 e. The fraction of sp³-hybridized carbons (Fsp3) is 0.303. The molecule has 13 nitrogen and oxygen atoms in total. The van der Waals surface area contributed by atoms with Crippen LogP contribution in [0.15, 0.2) is 66.9 Å². The first-order valence-electron chi connectivity index (χ1n) is 15.6. The van der Waals surface area contributed by atoms with Crippen LogP contribution >= 0.6 is 11.6 Å². The van der Waals surface area contributed by atoms with E-state index in [1.54, 1.807) is 30.3 Å². The Morgan fingerprint density at radius 2 is 1.73 bits per heavy atom. The summed E-state index contributed by atoms with van der Waals surface area (Å²) in [7, 11) is 4.23. The van der Waals surface area contributed by atoms with Gasteiger partial charge in [-0.3, -0.25) is 9.59 Å². The Labute approximate surface area is 280 Å². The van der Waals surface area contributed by atoms with Crippen molar-refractivity contribution in [1.82, 2.24) is 45.4 Å². The molecule has 4 heterocycles. The minimum atomic E-state index is -0.966. The number of carbonyl (C=O) groups is 2. The lowest BCUT2D eigenvalue weighted by atomic mass is 9.89. The van der Waals surface area contributed by atoms with Crippen molar-refractivity contribution in [2.45, 2.75) is 31.3 Å². The number of benzene rings is 3. The number of anilines is 2. The summed E-state index contributed by atoms with van der Waals surface area (Å²) in [5, 5.41) is 24.9. The molecule has 2 amide bonds. The molecule has 3 aromatic carbocycles. The van der Waals surface area contributed by atoms with Gasteiger partial charge in [0.15, 0.2) is 17.3 Å². The highest BCUT2D eigenvalue weighted by Gasteiger charge is 2.39. The van der Waals surface area contributed by atoms with Gasteiger partial charge < -0.3 is 20.0 Å². The van der Waals surface area contributed by atoms with E-state index in [9.17, 15) is 14.0 Å². The smallest absolute Gasteiger partial charge is 0.277 e. The molecular formula is C33H33ClFN11O2. The molecule has 246 valence electrons. The summed E-state index contributed by atoms with van der Waals surface area (Å²) in [4.78, 5) is 34.5. The molecule has 2 N–H and O–H groups in total. The van der Waals surface area contributed by atoms with E-state index in [0.29, 0.717) is 24.0 Å². The molecule has 0 saturated carbocycles. The van der Waals surface area contributed by atoms with Crippen molar-refractivity contribution in [2.24, 2.45) is 0 Å². The van der Waals surface area contributed by atoms with E-state index < -0.39 is 17.8 Å². The van der Waals surface area contributed by atoms with Gasteiger partial charge in [-0.1, -0.05) is 35.0 Å². The van der Waals surface area contributed by atoms with Crippen LogP contribution in [0.1, 0.15) is 40.5 Å². The fourth-order valence-electron chi connectivity index (χ4n) is 6.57. The summed E-state index contributed by atoms with van der Waals surface area (Å²) in [5.74, 6) is -1.06. The molecule has 7 rings (SSSR count). The highest BCUT2D eigenvalue weighted by molar-refractivity contribution is 6.30. The Morgan fingerprint density at radius 3 is 2.46 bits per heavy atom. The average molecular weight is 670 g/mol. The van der Waals surface area contributed by atoms with Crippen LogP contribution in [-0.4, -0.2) is 97.0 Å². The van der Waals surface area contributed by atoms with Crippen LogP contribution in [0, 0.1) is 5.82 Å². The van der Waals surface area contributed by atoms with E-state index in [1.807, 2.05) is 12.1 Å². The second-order valence-corrected chi connectivity index (χ2v) is 12.5. The van der Waals surface area contributed by atoms with E-state index in [1.165, 1.54) is 27.9 Å². The van der Waals surface area contributed by atoms with Crippen LogP contribution < -0.4 is 10.2 Å². The number of rotatable bonds is 7. The second kappa shape index (κ2) is 13.1. The lowest BCUT2D eigenvalue weighted by Crippen LogP contribution is -2.46. The quantitative estimate of drug-likeness (QED) is 0.262. The van der Waals surface area contributed by atoms with Crippen molar-refractivity contribution in [1.29, 1.82) is 0 Å². The maximum atomic E-state index is 14.8. The molecule has 2 aliphatic heterocycles. The number of halogens is 2. The summed E-state index contributed by atoms with van der Waals surface area (Å²) in [6.45, 7) is 2.06. The molecule has 1 atom stereocenters. The van der Waals surface area contributed by atoms with E-state index in [2.05, 4.69) is 66.2 Å². The van der Waals surface area contributed by atoms with Crippen molar-refractivity contribution in [2.75, 3.05) is 43.9 Å². The van der Waals surface area contributed by atoms with E-state index in [-0.39, 0.29) is 28.9 Å². The first-order valence-corrected chi connectivity index (χ1v) is 16.0. The average Bonchev–Trinajstić information content (AvgIpc) is 3.82. The van der Waals surface area contributed by atoms with E-state index in [4.69, 9.17) is 11.6 Å². The first-order chi connectivity index (χ1) is 23.3. The molecule has 0 radical (unpaired) electrons. The van der Waals surface area contributed by atoms with Gasteiger partial charge in [0.2, 0.25) is 0 Å². The number of nitrogens with one attached hydrogen (secondary N) is 2.